The molecule has 3 aromatic rings. The molecular weight excluding hydrogens is 474 g/mol. The molecule has 39 heavy (non-hydrogen) atoms. The summed E-state index contributed by atoms with van der Waals surface area (Å²) in [5.41, 5.74) is 19.6. The Labute approximate surface area is 241 Å². The van der Waals surface area contributed by atoms with Gasteiger partial charge in [0.05, 0.1) is 0 Å². The molecule has 3 nitrogen and oxygen atoms in total. The largest absolute Gasteiger partial charge is 0.258 e. The van der Waals surface area contributed by atoms with Gasteiger partial charge in [0, 0.05) is 34.2 Å². The van der Waals surface area contributed by atoms with Gasteiger partial charge in [-0.1, -0.05) is 41.5 Å². The van der Waals surface area contributed by atoms with Crippen LogP contribution in [0.4, 0.5) is 0 Å². The third-order valence-electron chi connectivity index (χ3n) is 8.50. The first-order chi connectivity index (χ1) is 17.8. The minimum atomic E-state index is 0.526. The standard InChI is InChI=1S/3C12H19N/c1-7(2)12-8(3)10(5)13-11(6)9(12)4;1-7(2)12-9(4)8(3)10(5)13-11(12)6;1-7(2)12-10(5)8(3)9(4)11(6)13-12/h3*7H,1-6H3. The molecule has 0 aliphatic heterocycles. The van der Waals surface area contributed by atoms with Crippen molar-refractivity contribution >= 4 is 0 Å². The van der Waals surface area contributed by atoms with Crippen LogP contribution in [0.25, 0.3) is 0 Å². The van der Waals surface area contributed by atoms with E-state index >= 15 is 0 Å². The molecular formula is C36H57N3. The van der Waals surface area contributed by atoms with Crippen molar-refractivity contribution < 1.29 is 0 Å². The van der Waals surface area contributed by atoms with Gasteiger partial charge in [-0.15, -0.1) is 0 Å². The second-order valence-electron chi connectivity index (χ2n) is 12.3. The van der Waals surface area contributed by atoms with Crippen LogP contribution in [0.15, 0.2) is 0 Å². The lowest BCUT2D eigenvalue weighted by Gasteiger charge is -2.16. The first-order valence-electron chi connectivity index (χ1n) is 14.7. The molecule has 0 spiro atoms. The zero-order valence-electron chi connectivity index (χ0n) is 28.6. The maximum Gasteiger partial charge on any atom is 0.0464 e. The Balaban J connectivity index is 0.000000292. The Bertz CT molecular complexity index is 1270. The van der Waals surface area contributed by atoms with Crippen molar-refractivity contribution in [3.05, 3.63) is 84.2 Å². The molecule has 0 aliphatic carbocycles. The van der Waals surface area contributed by atoms with Crippen LogP contribution in [0, 0.1) is 83.1 Å². The molecule has 0 saturated carbocycles. The summed E-state index contributed by atoms with van der Waals surface area (Å²) in [5, 5.41) is 0. The fourth-order valence-corrected chi connectivity index (χ4v) is 5.60. The SMILES string of the molecule is Cc1nc(C(C)C)c(C)c(C)c1C.Cc1nc(C)c(C(C)C)c(C)c1C.Cc1nc(C)c(C)c(C(C)C)c1C. The second kappa shape index (κ2) is 14.2. The fourth-order valence-electron chi connectivity index (χ4n) is 5.60. The number of hydrogen-bond acceptors (Lipinski definition) is 3. The van der Waals surface area contributed by atoms with Crippen LogP contribution in [-0.2, 0) is 0 Å². The van der Waals surface area contributed by atoms with Crippen molar-refractivity contribution in [2.75, 3.05) is 0 Å². The van der Waals surface area contributed by atoms with E-state index in [-0.39, 0.29) is 0 Å². The smallest absolute Gasteiger partial charge is 0.0464 e. The van der Waals surface area contributed by atoms with Gasteiger partial charge in [0.2, 0.25) is 0 Å². The third-order valence-corrected chi connectivity index (χ3v) is 8.50. The highest BCUT2D eigenvalue weighted by molar-refractivity contribution is 5.41. The van der Waals surface area contributed by atoms with E-state index in [2.05, 4.69) is 140 Å². The molecule has 216 valence electrons. The molecule has 0 unspecified atom stereocenters. The van der Waals surface area contributed by atoms with Gasteiger partial charge in [-0.05, 0) is 151 Å². The summed E-state index contributed by atoms with van der Waals surface area (Å²) < 4.78 is 0. The topological polar surface area (TPSA) is 38.7 Å². The first-order valence-corrected chi connectivity index (χ1v) is 14.7. The molecule has 3 rings (SSSR count). The van der Waals surface area contributed by atoms with E-state index in [0.29, 0.717) is 17.8 Å². The average molecular weight is 532 g/mol. The van der Waals surface area contributed by atoms with Crippen LogP contribution in [0.1, 0.15) is 144 Å². The van der Waals surface area contributed by atoms with Crippen molar-refractivity contribution in [1.29, 1.82) is 0 Å². The molecule has 3 heteroatoms. The first kappa shape index (κ1) is 34.5. The number of aryl methyl sites for hydroxylation is 5. The van der Waals surface area contributed by atoms with E-state index in [1.165, 1.54) is 84.2 Å². The summed E-state index contributed by atoms with van der Waals surface area (Å²) in [7, 11) is 0. The maximum absolute atomic E-state index is 4.63. The van der Waals surface area contributed by atoms with Crippen molar-refractivity contribution in [3.63, 3.8) is 0 Å². The summed E-state index contributed by atoms with van der Waals surface area (Å²) in [6.45, 7) is 39.0. The van der Waals surface area contributed by atoms with Crippen molar-refractivity contribution in [2.24, 2.45) is 0 Å². The highest BCUT2D eigenvalue weighted by Crippen LogP contribution is 2.27. The van der Waals surface area contributed by atoms with Crippen molar-refractivity contribution in [1.82, 2.24) is 15.0 Å². The van der Waals surface area contributed by atoms with Gasteiger partial charge in [-0.3, -0.25) is 15.0 Å². The van der Waals surface area contributed by atoms with Gasteiger partial charge in [-0.25, -0.2) is 0 Å². The van der Waals surface area contributed by atoms with Gasteiger partial charge >= 0.3 is 0 Å². The molecule has 0 aliphatic rings. The number of rotatable bonds is 3. The molecule has 3 heterocycles. The van der Waals surface area contributed by atoms with Gasteiger partial charge in [0.1, 0.15) is 0 Å². The average Bonchev–Trinajstić information content (AvgIpc) is 2.82. The fraction of sp³-hybridized carbons (Fsp3) is 0.583. The molecule has 0 N–H and O–H groups in total. The van der Waals surface area contributed by atoms with Gasteiger partial charge in [-0.2, -0.15) is 0 Å². The van der Waals surface area contributed by atoms with E-state index in [0.717, 1.165) is 0 Å². The van der Waals surface area contributed by atoms with E-state index < -0.39 is 0 Å². The molecule has 0 bridgehead atoms. The predicted molar refractivity (Wildman–Crippen MR) is 172 cm³/mol. The Morgan fingerprint density at radius 2 is 0.667 bits per heavy atom. The number of aromatic nitrogens is 3. The van der Waals surface area contributed by atoms with Crippen molar-refractivity contribution in [2.45, 2.75) is 142 Å². The number of pyridine rings is 3. The van der Waals surface area contributed by atoms with Crippen LogP contribution in [-0.4, -0.2) is 15.0 Å². The zero-order chi connectivity index (χ0) is 30.5. The minimum Gasteiger partial charge on any atom is -0.258 e. The lowest BCUT2D eigenvalue weighted by Crippen LogP contribution is -2.03. The van der Waals surface area contributed by atoms with Gasteiger partial charge in [0.15, 0.2) is 0 Å². The molecule has 0 saturated heterocycles. The van der Waals surface area contributed by atoms with E-state index in [9.17, 15) is 0 Å². The Morgan fingerprint density at radius 3 is 1.08 bits per heavy atom. The predicted octanol–water partition coefficient (Wildman–Crippen LogP) is 10.3. The second-order valence-corrected chi connectivity index (χ2v) is 12.3. The normalized spacial score (nSPS) is 11.0. The van der Waals surface area contributed by atoms with Crippen molar-refractivity contribution in [3.8, 4) is 0 Å². The van der Waals surface area contributed by atoms with Crippen LogP contribution in [0.5, 0.6) is 0 Å². The molecule has 0 amide bonds. The summed E-state index contributed by atoms with van der Waals surface area (Å²) in [6, 6.07) is 0. The summed E-state index contributed by atoms with van der Waals surface area (Å²) in [6.07, 6.45) is 0. The van der Waals surface area contributed by atoms with Crippen LogP contribution in [0.3, 0.4) is 0 Å². The Hall–Kier alpha value is -2.55. The minimum absolute atomic E-state index is 0.526. The maximum atomic E-state index is 4.63. The molecule has 0 radical (unpaired) electrons. The molecule has 0 aromatic carbocycles. The number of nitrogens with zero attached hydrogens (tertiary/aromatic N) is 3. The Kier molecular flexibility index (Phi) is 12.5. The van der Waals surface area contributed by atoms with E-state index in [1.807, 2.05) is 0 Å². The van der Waals surface area contributed by atoms with Gasteiger partial charge < -0.3 is 0 Å². The lowest BCUT2D eigenvalue weighted by atomic mass is 9.92. The summed E-state index contributed by atoms with van der Waals surface area (Å²) >= 11 is 0. The molecule has 3 aromatic heterocycles. The van der Waals surface area contributed by atoms with Crippen LogP contribution >= 0.6 is 0 Å². The summed E-state index contributed by atoms with van der Waals surface area (Å²) in [4.78, 5) is 13.7. The van der Waals surface area contributed by atoms with Crippen LogP contribution < -0.4 is 0 Å². The molecule has 0 fully saturated rings. The monoisotopic (exact) mass is 531 g/mol. The Morgan fingerprint density at radius 1 is 0.308 bits per heavy atom. The molecule has 0 atom stereocenters. The highest BCUT2D eigenvalue weighted by Gasteiger charge is 2.13. The quantitative estimate of drug-likeness (QED) is 0.337. The van der Waals surface area contributed by atoms with E-state index in [1.54, 1.807) is 0 Å². The third kappa shape index (κ3) is 8.22. The highest BCUT2D eigenvalue weighted by atomic mass is 14.7. The number of hydrogen-bond donors (Lipinski definition) is 0. The lowest BCUT2D eigenvalue weighted by molar-refractivity contribution is 0.796. The van der Waals surface area contributed by atoms with E-state index in [4.69, 9.17) is 0 Å². The van der Waals surface area contributed by atoms with Gasteiger partial charge in [0.25, 0.3) is 0 Å². The van der Waals surface area contributed by atoms with Crippen LogP contribution in [0.2, 0.25) is 0 Å². The summed E-state index contributed by atoms with van der Waals surface area (Å²) in [5.74, 6) is 1.70. The zero-order valence-corrected chi connectivity index (χ0v) is 28.6.